The molecule has 6 atom stereocenters. The molecule has 0 aliphatic carbocycles. The molecule has 4 heterocycles. The summed E-state index contributed by atoms with van der Waals surface area (Å²) in [5, 5.41) is 15.2. The van der Waals surface area contributed by atoms with E-state index in [1.165, 1.54) is 30.3 Å². The van der Waals surface area contributed by atoms with Gasteiger partial charge in [0.1, 0.15) is 24.8 Å². The van der Waals surface area contributed by atoms with Gasteiger partial charge >= 0.3 is 27.7 Å². The topological polar surface area (TPSA) is 300 Å². The van der Waals surface area contributed by atoms with Gasteiger partial charge in [0.25, 0.3) is 5.91 Å². The van der Waals surface area contributed by atoms with Crippen molar-refractivity contribution in [2.24, 2.45) is 10.1 Å². The van der Waals surface area contributed by atoms with Crippen molar-refractivity contribution in [3.8, 4) is 11.5 Å². The van der Waals surface area contributed by atoms with E-state index in [1.807, 2.05) is 23.5 Å². The number of thioether (sulfide) groups is 2. The Balaban J connectivity index is 0.000000219. The zero-order chi connectivity index (χ0) is 45.5. The predicted octanol–water partition coefficient (Wildman–Crippen LogP) is 4.39. The summed E-state index contributed by atoms with van der Waals surface area (Å²) in [4.78, 5) is 80.4. The largest absolute Gasteiger partial charge is 0.524 e. The summed E-state index contributed by atoms with van der Waals surface area (Å²) in [5.41, 5.74) is 6.51. The minimum atomic E-state index is -4.79. The highest BCUT2D eigenvalue weighted by molar-refractivity contribution is 8.00. The monoisotopic (exact) mass is 969 g/mol. The number of carbonyl (C=O) groups excluding carboxylic acids is 4. The zero-order valence-electron chi connectivity index (χ0n) is 33.3. The van der Waals surface area contributed by atoms with Crippen LogP contribution in [0, 0.1) is 0 Å². The maximum absolute atomic E-state index is 13.1. The van der Waals surface area contributed by atoms with Gasteiger partial charge in [-0.1, -0.05) is 18.9 Å². The molecule has 2 aromatic rings. The van der Waals surface area contributed by atoms with Gasteiger partial charge in [-0.05, 0) is 74.5 Å². The molecule has 2 aromatic carbocycles. The predicted molar refractivity (Wildman–Crippen MR) is 232 cm³/mol. The first-order valence-corrected chi connectivity index (χ1v) is 25.0. The van der Waals surface area contributed by atoms with Crippen molar-refractivity contribution < 1.29 is 65.7 Å². The number of anilines is 1. The molecule has 6 unspecified atom stereocenters. The van der Waals surface area contributed by atoms with Crippen LogP contribution in [0.5, 0.6) is 11.5 Å². The molecule has 62 heavy (non-hydrogen) atoms. The van der Waals surface area contributed by atoms with Crippen LogP contribution in [-0.2, 0) is 50.9 Å². The summed E-state index contributed by atoms with van der Waals surface area (Å²) in [6.45, 7) is -1.43. The van der Waals surface area contributed by atoms with E-state index in [9.17, 15) is 37.1 Å². The van der Waals surface area contributed by atoms with E-state index >= 15 is 0 Å². The highest BCUT2D eigenvalue weighted by Crippen LogP contribution is 2.41. The molecule has 4 aliphatic rings. The first-order valence-electron chi connectivity index (χ1n) is 19.5. The highest BCUT2D eigenvalue weighted by Gasteiger charge is 2.43. The molecule has 0 spiro atoms. The van der Waals surface area contributed by atoms with Crippen LogP contribution in [0.2, 0.25) is 0 Å². The summed E-state index contributed by atoms with van der Waals surface area (Å²) in [6, 6.07) is 9.00. The molecule has 4 aliphatic heterocycles. The van der Waals surface area contributed by atoms with Gasteiger partial charge < -0.3 is 41.4 Å². The number of benzene rings is 2. The number of hydrogen-bond donors (Lipinski definition) is 10. The minimum absolute atomic E-state index is 0.0506. The quantitative estimate of drug-likeness (QED) is 0.0530. The maximum atomic E-state index is 13.1. The molecule has 4 fully saturated rings. The average Bonchev–Trinajstić information content (AvgIpc) is 3.97. The number of hydrogen-bond acceptors (Lipinski definition) is 12. The molecule has 4 saturated heterocycles. The number of carbonyl (C=O) groups is 4. The molecule has 11 N–H and O–H groups in total. The number of phosphoric ester groups is 2. The summed E-state index contributed by atoms with van der Waals surface area (Å²) in [6.07, 6.45) is 6.57. The van der Waals surface area contributed by atoms with Crippen molar-refractivity contribution in [3.05, 3.63) is 53.1 Å². The van der Waals surface area contributed by atoms with E-state index in [1.54, 1.807) is 6.07 Å². The number of nitrogens with two attached hydrogens (primary N) is 1. The summed E-state index contributed by atoms with van der Waals surface area (Å²) >= 11 is 8.04. The maximum Gasteiger partial charge on any atom is 0.524 e. The summed E-state index contributed by atoms with van der Waals surface area (Å²) < 4.78 is 59.2. The van der Waals surface area contributed by atoms with E-state index in [-0.39, 0.29) is 70.7 Å². The average molecular weight is 970 g/mol. The standard InChI is InChI=1S/C17H23FN3O6PS.C10H15N3O2S2.C9H13FNO4P/c18-8-10-7-11(5-6-13(10)27-28(24,25)26)19-15(22)4-2-1-3-14-16-12(9-29-14)20-17(23)21-16;14-8(13-16)4-2-1-3-7-9-6(5-17-7)11-10(15)12-9;10-6-8-5-7(3-4-11)1-2-9(8)15-16(12,13)14/h5-7,12,14,16H,1-4,8-9H2,(H,19,22)(H2,20,21,23)(H2,24,25,26);6-7,9H,1-5H2,(H2,11,12,15);1-2,5H,3-4,6,11H2,(H2,12,13,14). The van der Waals surface area contributed by atoms with Crippen LogP contribution in [-0.4, -0.2) is 96.2 Å². The smallest absolute Gasteiger partial charge is 0.404 e. The minimum Gasteiger partial charge on any atom is -0.404 e. The Labute approximate surface area is 370 Å². The van der Waals surface area contributed by atoms with Gasteiger partial charge in [-0.25, -0.2) is 27.5 Å². The molecule has 0 bridgehead atoms. The third-order valence-corrected chi connectivity index (χ3v) is 14.0. The van der Waals surface area contributed by atoms with Crippen LogP contribution in [0.3, 0.4) is 0 Å². The molecule has 0 saturated carbocycles. The fourth-order valence-corrected chi connectivity index (χ4v) is 11.1. The molecule has 0 aromatic heterocycles. The molecule has 0 radical (unpaired) electrons. The number of nitrogens with zero attached hydrogens (tertiary/aromatic N) is 1. The van der Waals surface area contributed by atoms with Crippen molar-refractivity contribution in [1.29, 1.82) is 0 Å². The molecular formula is C36H51F2N7O12P2S3. The van der Waals surface area contributed by atoms with Crippen molar-refractivity contribution in [2.75, 3.05) is 23.4 Å². The van der Waals surface area contributed by atoms with Gasteiger partial charge in [-0.2, -0.15) is 23.5 Å². The normalized spacial score (nSPS) is 22.2. The van der Waals surface area contributed by atoms with Crippen LogP contribution in [0.15, 0.2) is 40.8 Å². The van der Waals surface area contributed by atoms with E-state index in [0.717, 1.165) is 49.2 Å². The van der Waals surface area contributed by atoms with Crippen molar-refractivity contribution in [2.45, 2.75) is 106 Å². The molecule has 6 rings (SSSR count). The van der Waals surface area contributed by atoms with Crippen LogP contribution < -0.4 is 41.4 Å². The van der Waals surface area contributed by atoms with E-state index in [0.29, 0.717) is 48.4 Å². The molecule has 26 heteroatoms. The van der Waals surface area contributed by atoms with Crippen LogP contribution in [0.25, 0.3) is 0 Å². The number of amides is 6. The van der Waals surface area contributed by atoms with E-state index in [4.69, 9.17) is 25.3 Å². The van der Waals surface area contributed by atoms with E-state index < -0.39 is 29.0 Å². The van der Waals surface area contributed by atoms with Crippen molar-refractivity contribution in [1.82, 2.24) is 21.3 Å². The summed E-state index contributed by atoms with van der Waals surface area (Å²) in [7, 11) is -9.44. The molecule has 6 amide bonds. The summed E-state index contributed by atoms with van der Waals surface area (Å²) in [5.74, 6) is 1.04. The van der Waals surface area contributed by atoms with Crippen LogP contribution in [0.1, 0.15) is 68.1 Å². The lowest BCUT2D eigenvalue weighted by molar-refractivity contribution is -0.118. The number of urea groups is 2. The number of fused-ring (bicyclic) bond motifs is 2. The Morgan fingerprint density at radius 3 is 1.77 bits per heavy atom. The van der Waals surface area contributed by atoms with Gasteiger partial charge in [-0.3, -0.25) is 29.2 Å². The number of halogens is 2. The fourth-order valence-electron chi connectivity index (χ4n) is 7.06. The number of unbranched alkanes of at least 4 members (excludes halogenated alkanes) is 2. The first-order chi connectivity index (χ1) is 29.4. The lowest BCUT2D eigenvalue weighted by Crippen LogP contribution is -2.36. The van der Waals surface area contributed by atoms with Crippen molar-refractivity contribution in [3.63, 3.8) is 0 Å². The number of nitrogens with one attached hydrogen (secondary N) is 5. The Kier molecular flexibility index (Phi) is 20.3. The number of alkyl halides is 2. The van der Waals surface area contributed by atoms with Gasteiger partial charge in [0, 0.05) is 64.1 Å². The molecule has 344 valence electrons. The third kappa shape index (κ3) is 16.9. The van der Waals surface area contributed by atoms with Gasteiger partial charge in [0.15, 0.2) is 0 Å². The third-order valence-electron chi connectivity index (χ3n) is 9.87. The second kappa shape index (κ2) is 24.6. The van der Waals surface area contributed by atoms with Gasteiger partial charge in [0.2, 0.25) is 5.91 Å². The second-order valence-corrected chi connectivity index (χ2v) is 19.6. The Hall–Kier alpha value is -3.44. The van der Waals surface area contributed by atoms with Crippen LogP contribution >= 0.6 is 39.2 Å². The Morgan fingerprint density at radius 1 is 0.790 bits per heavy atom. The van der Waals surface area contributed by atoms with Crippen molar-refractivity contribution >= 4 is 81.2 Å². The lowest BCUT2D eigenvalue weighted by Gasteiger charge is -2.16. The molecule has 19 nitrogen and oxygen atoms in total. The van der Waals surface area contributed by atoms with Gasteiger partial charge in [0.05, 0.1) is 24.2 Å². The molecular weight excluding hydrogens is 919 g/mol. The highest BCUT2D eigenvalue weighted by atomic mass is 32.2. The number of rotatable bonds is 19. The van der Waals surface area contributed by atoms with Gasteiger partial charge in [-0.15, -0.1) is 4.36 Å². The SMILES string of the molecule is NCCc1ccc(OP(=O)(O)O)c(CF)c1.O=C(CCCCC1SCC2NC(=O)NC21)N=S.O=C(CCCCC1SCC2NC(=O)NC21)Nc1ccc(OP(=O)(O)O)c(CF)c1. The van der Waals surface area contributed by atoms with E-state index in [2.05, 4.69) is 52.4 Å². The Bertz CT molecular complexity index is 1990. The zero-order valence-corrected chi connectivity index (χ0v) is 37.5. The second-order valence-electron chi connectivity index (χ2n) is 14.5. The lowest BCUT2D eigenvalue weighted by atomic mass is 10.0. The number of phosphoric acid groups is 2. The first kappa shape index (κ1) is 51.2. The Morgan fingerprint density at radius 2 is 1.29 bits per heavy atom. The van der Waals surface area contributed by atoms with Crippen LogP contribution in [0.4, 0.5) is 24.1 Å². The fraction of sp³-hybridized carbons (Fsp3) is 0.556.